The zero-order valence-electron chi connectivity index (χ0n) is 16.1. The van der Waals surface area contributed by atoms with E-state index in [1.807, 2.05) is 0 Å². The number of carbonyl (C=O) groups excluding carboxylic acids is 2. The maximum absolute atomic E-state index is 12.3. The summed E-state index contributed by atoms with van der Waals surface area (Å²) < 4.78 is 7.73. The van der Waals surface area contributed by atoms with Crippen molar-refractivity contribution in [1.29, 1.82) is 5.26 Å². The first-order valence-electron chi connectivity index (χ1n) is 8.64. The van der Waals surface area contributed by atoms with Crippen molar-refractivity contribution >= 4 is 122 Å². The van der Waals surface area contributed by atoms with E-state index in [4.69, 9.17) is 0 Å². The molecule has 0 unspecified atom stereocenters. The van der Waals surface area contributed by atoms with Crippen LogP contribution in [0.1, 0.15) is 5.56 Å². The summed E-state index contributed by atoms with van der Waals surface area (Å²) in [6.07, 6.45) is 3.16. The van der Waals surface area contributed by atoms with Gasteiger partial charge in [-0.25, -0.2) is 9.97 Å². The number of rotatable bonds is 8. The van der Waals surface area contributed by atoms with Gasteiger partial charge in [0, 0.05) is 21.3 Å². The van der Waals surface area contributed by atoms with Crippen LogP contribution in [0.3, 0.4) is 0 Å². The number of nitrogens with one attached hydrogen (secondary N) is 2. The molecule has 2 amide bonds. The number of hydrogen-bond acceptors (Lipinski definition) is 9. The Labute approximate surface area is 234 Å². The molecule has 15 heteroatoms. The maximum atomic E-state index is 12.3. The van der Waals surface area contributed by atoms with Gasteiger partial charge in [0.25, 0.3) is 0 Å². The number of anilines is 2. The van der Waals surface area contributed by atoms with Crippen LogP contribution in [-0.4, -0.2) is 37.7 Å². The van der Waals surface area contributed by atoms with Crippen LogP contribution < -0.4 is 10.6 Å². The van der Waals surface area contributed by atoms with Gasteiger partial charge in [0.1, 0.15) is 32.5 Å². The zero-order valence-corrected chi connectivity index (χ0v) is 24.9. The number of nitrogens with zero attached hydrogens (tertiary/aromatic N) is 4. The second-order valence-corrected chi connectivity index (χ2v) is 12.4. The van der Waals surface area contributed by atoms with Crippen molar-refractivity contribution in [3.05, 3.63) is 48.0 Å². The smallest absolute Gasteiger partial charge is 0.235 e. The second kappa shape index (κ2) is 12.6. The summed E-state index contributed by atoms with van der Waals surface area (Å²) in [5.41, 5.74) is 0.349. The maximum Gasteiger partial charge on any atom is 0.235 e. The molecule has 0 bridgehead atoms. The number of amides is 2. The van der Waals surface area contributed by atoms with Crippen molar-refractivity contribution in [2.75, 3.05) is 22.1 Å². The summed E-state index contributed by atoms with van der Waals surface area (Å²) in [4.78, 5) is 32.9. The van der Waals surface area contributed by atoms with Crippen molar-refractivity contribution in [2.45, 2.75) is 9.24 Å². The summed E-state index contributed by atoms with van der Waals surface area (Å²) in [5, 5.41) is 15.4. The van der Waals surface area contributed by atoms with Crippen molar-refractivity contribution in [3.63, 3.8) is 0 Å². The fraction of sp³-hybridized carbons (Fsp3) is 0.111. The molecule has 2 N–H and O–H groups in total. The Morgan fingerprint density at radius 2 is 1.45 bits per heavy atom. The van der Waals surface area contributed by atoms with Gasteiger partial charge in [0.15, 0.2) is 0 Å². The standard InChI is InChI=1S/C18H10Br4N6O2S3/c19-8-1-11(21)15(24-4-8)26-13(29)6-31-17-10(3-23)18(33-28-17)32-7-14(30)27-16-12(22)2-9(20)5-25-16/h1-2,4-5H,6-7H2,(H,24,26,29)(H,25,27,30). The van der Waals surface area contributed by atoms with Crippen LogP contribution in [0.4, 0.5) is 11.6 Å². The van der Waals surface area contributed by atoms with Crippen LogP contribution in [0.2, 0.25) is 0 Å². The topological polar surface area (TPSA) is 121 Å². The summed E-state index contributed by atoms with van der Waals surface area (Å²) >= 11 is 16.8. The first-order chi connectivity index (χ1) is 15.8. The van der Waals surface area contributed by atoms with Crippen molar-refractivity contribution < 1.29 is 9.59 Å². The molecule has 0 saturated heterocycles. The first kappa shape index (κ1) is 26.6. The molecule has 170 valence electrons. The molecule has 3 aromatic heterocycles. The monoisotopic (exact) mass is 754 g/mol. The van der Waals surface area contributed by atoms with Crippen LogP contribution in [0.25, 0.3) is 0 Å². The molecule has 8 nitrogen and oxygen atoms in total. The summed E-state index contributed by atoms with van der Waals surface area (Å²) in [5.74, 6) is 0.382. The quantitative estimate of drug-likeness (QED) is 0.257. The average Bonchev–Trinajstić information content (AvgIpc) is 3.16. The third-order valence-corrected chi connectivity index (χ3v) is 8.81. The Hall–Kier alpha value is -1.02. The molecule has 0 saturated carbocycles. The van der Waals surface area contributed by atoms with Crippen LogP contribution in [0.15, 0.2) is 51.7 Å². The molecule has 0 spiro atoms. The lowest BCUT2D eigenvalue weighted by Gasteiger charge is -2.06. The average molecular weight is 758 g/mol. The number of hydrogen-bond donors (Lipinski definition) is 2. The van der Waals surface area contributed by atoms with E-state index in [2.05, 4.69) is 94.8 Å². The molecule has 3 rings (SSSR count). The van der Waals surface area contributed by atoms with E-state index in [0.717, 1.165) is 32.2 Å². The van der Waals surface area contributed by atoms with E-state index >= 15 is 0 Å². The number of nitriles is 1. The van der Waals surface area contributed by atoms with Gasteiger partial charge in [0.05, 0.1) is 20.5 Å². The molecule has 3 aromatic rings. The number of thioether (sulfide) groups is 2. The molecule has 0 aromatic carbocycles. The highest BCUT2D eigenvalue weighted by Gasteiger charge is 2.18. The fourth-order valence-electron chi connectivity index (χ4n) is 2.17. The minimum absolute atomic E-state index is 0.0520. The van der Waals surface area contributed by atoms with Crippen molar-refractivity contribution in [2.24, 2.45) is 0 Å². The van der Waals surface area contributed by atoms with Gasteiger partial charge < -0.3 is 10.6 Å². The fourth-order valence-corrected chi connectivity index (χ4v) is 7.03. The van der Waals surface area contributed by atoms with Crippen molar-refractivity contribution in [1.82, 2.24) is 14.3 Å². The van der Waals surface area contributed by atoms with E-state index in [1.165, 1.54) is 11.8 Å². The predicted octanol–water partition coefficient (Wildman–Crippen LogP) is 6.32. The zero-order chi connectivity index (χ0) is 24.0. The molecule has 0 atom stereocenters. The SMILES string of the molecule is N#Cc1c(SCC(=O)Nc2ncc(Br)cc2Br)nsc1SCC(=O)Nc1ncc(Br)cc1Br. The number of aromatic nitrogens is 3. The Morgan fingerprint density at radius 1 is 0.939 bits per heavy atom. The largest absolute Gasteiger partial charge is 0.309 e. The van der Waals surface area contributed by atoms with Crippen LogP contribution in [0.5, 0.6) is 0 Å². The Morgan fingerprint density at radius 3 is 1.94 bits per heavy atom. The van der Waals surface area contributed by atoms with Crippen LogP contribution >= 0.6 is 98.8 Å². The van der Waals surface area contributed by atoms with Gasteiger partial charge in [-0.1, -0.05) is 11.8 Å². The van der Waals surface area contributed by atoms with Gasteiger partial charge in [-0.3, -0.25) is 9.59 Å². The van der Waals surface area contributed by atoms with Gasteiger partial charge in [-0.05, 0) is 87.4 Å². The first-order valence-corrected chi connectivity index (χ1v) is 14.6. The molecular weight excluding hydrogens is 748 g/mol. The predicted molar refractivity (Wildman–Crippen MR) is 145 cm³/mol. The lowest BCUT2D eigenvalue weighted by Crippen LogP contribution is -2.15. The minimum Gasteiger partial charge on any atom is -0.309 e. The third kappa shape index (κ3) is 7.74. The van der Waals surface area contributed by atoms with E-state index in [0.29, 0.717) is 35.4 Å². The summed E-state index contributed by atoms with van der Waals surface area (Å²) in [6.45, 7) is 0. The van der Waals surface area contributed by atoms with Gasteiger partial charge in [-0.15, -0.1) is 11.8 Å². The molecule has 0 radical (unpaired) electrons. The molecule has 3 heterocycles. The highest BCUT2D eigenvalue weighted by Crippen LogP contribution is 2.34. The summed E-state index contributed by atoms with van der Waals surface area (Å²) in [7, 11) is 0. The molecule has 0 aliphatic rings. The van der Waals surface area contributed by atoms with Gasteiger partial charge >= 0.3 is 0 Å². The molecule has 0 aliphatic carbocycles. The third-order valence-electron chi connectivity index (χ3n) is 3.55. The number of carbonyl (C=O) groups is 2. The Balaban J connectivity index is 1.55. The molecule has 0 aliphatic heterocycles. The van der Waals surface area contributed by atoms with Crippen LogP contribution in [0, 0.1) is 11.3 Å². The minimum atomic E-state index is -0.284. The number of pyridine rings is 2. The van der Waals surface area contributed by atoms with Gasteiger partial charge in [0.2, 0.25) is 11.8 Å². The van der Waals surface area contributed by atoms with E-state index in [9.17, 15) is 14.9 Å². The van der Waals surface area contributed by atoms with E-state index in [-0.39, 0.29) is 23.3 Å². The van der Waals surface area contributed by atoms with Crippen molar-refractivity contribution in [3.8, 4) is 6.07 Å². The van der Waals surface area contributed by atoms with E-state index in [1.54, 1.807) is 24.5 Å². The second-order valence-electron chi connectivity index (χ2n) is 5.90. The lowest BCUT2D eigenvalue weighted by atomic mass is 10.4. The lowest BCUT2D eigenvalue weighted by molar-refractivity contribution is -0.114. The number of halogens is 4. The van der Waals surface area contributed by atoms with Gasteiger partial charge in [-0.2, -0.15) is 9.64 Å². The highest BCUT2D eigenvalue weighted by molar-refractivity contribution is 9.11. The van der Waals surface area contributed by atoms with Crippen LogP contribution in [-0.2, 0) is 9.59 Å². The molecule has 0 fully saturated rings. The normalized spacial score (nSPS) is 10.5. The summed E-state index contributed by atoms with van der Waals surface area (Å²) in [6, 6.07) is 5.66. The molecular formula is C18H10Br4N6O2S3. The Bertz CT molecular complexity index is 1160. The Kier molecular flexibility index (Phi) is 10.2. The highest BCUT2D eigenvalue weighted by atomic mass is 79.9. The molecule has 33 heavy (non-hydrogen) atoms. The van der Waals surface area contributed by atoms with E-state index < -0.39 is 0 Å².